The zero-order chi connectivity index (χ0) is 14.1. The lowest BCUT2D eigenvalue weighted by Gasteiger charge is -2.47. The lowest BCUT2D eigenvalue weighted by molar-refractivity contribution is 0.101. The van der Waals surface area contributed by atoms with E-state index in [1.807, 2.05) is 0 Å². The number of hydrogen-bond acceptors (Lipinski definition) is 2. The van der Waals surface area contributed by atoms with Crippen LogP contribution in [-0.4, -0.2) is 39.5 Å². The van der Waals surface area contributed by atoms with Crippen molar-refractivity contribution < 1.29 is 8.85 Å². The number of rotatable bonds is 6. The fourth-order valence-electron chi connectivity index (χ4n) is 1.90. The van der Waals surface area contributed by atoms with Crippen LogP contribution in [0.5, 0.6) is 0 Å². The van der Waals surface area contributed by atoms with Gasteiger partial charge in [-0.25, -0.2) is 0 Å². The molecule has 0 amide bonds. The molecule has 0 spiro atoms. The minimum absolute atomic E-state index is 0.523. The van der Waals surface area contributed by atoms with Crippen molar-refractivity contribution >= 4 is 48.5 Å². The molecule has 0 saturated heterocycles. The third kappa shape index (κ3) is 5.36. The van der Waals surface area contributed by atoms with Gasteiger partial charge in [0.25, 0.3) is 0 Å². The highest BCUT2D eigenvalue weighted by atomic mass is 79.9. The summed E-state index contributed by atoms with van der Waals surface area (Å²) in [6.07, 6.45) is 0. The molecule has 1 saturated carbocycles. The number of alkyl halides is 2. The van der Waals surface area contributed by atoms with Crippen molar-refractivity contribution in [1.82, 2.24) is 0 Å². The molecule has 2 nitrogen and oxygen atoms in total. The van der Waals surface area contributed by atoms with Crippen LogP contribution in [0.1, 0.15) is 0 Å². The highest BCUT2D eigenvalue weighted by molar-refractivity contribution is 9.10. The molecule has 1 rings (SSSR count). The normalized spacial score (nSPS) is 33.3. The number of hydrogen-bond donors (Lipinski definition) is 0. The molecule has 0 unspecified atom stereocenters. The fourth-order valence-corrected chi connectivity index (χ4v) is 6.03. The standard InChI is InChI=1S/C12H26Br2O2Si2/c1-17(2,3)15-7-9-11(13)10(12(9)14)8-16-18(4,5)6/h9-12H,7-8H2,1-6H3. The van der Waals surface area contributed by atoms with Crippen LogP contribution in [0.4, 0.5) is 0 Å². The van der Waals surface area contributed by atoms with Crippen LogP contribution in [0.25, 0.3) is 0 Å². The lowest BCUT2D eigenvalue weighted by atomic mass is 9.75. The van der Waals surface area contributed by atoms with Gasteiger partial charge >= 0.3 is 0 Å². The summed E-state index contributed by atoms with van der Waals surface area (Å²) in [6, 6.07) is 0. The Morgan fingerprint density at radius 3 is 1.22 bits per heavy atom. The third-order valence-corrected chi connectivity index (χ3v) is 7.84. The molecule has 1 aliphatic rings. The second-order valence-electron chi connectivity index (χ2n) is 7.06. The van der Waals surface area contributed by atoms with Crippen LogP contribution in [0.15, 0.2) is 0 Å². The zero-order valence-electron chi connectivity index (χ0n) is 12.3. The first kappa shape index (κ1) is 17.4. The average Bonchev–Trinajstić information content (AvgIpc) is 2.14. The predicted octanol–water partition coefficient (Wildman–Crippen LogP) is 4.46. The molecule has 1 aliphatic carbocycles. The van der Waals surface area contributed by atoms with E-state index in [-0.39, 0.29) is 0 Å². The van der Waals surface area contributed by atoms with Gasteiger partial charge in [-0.1, -0.05) is 31.9 Å². The topological polar surface area (TPSA) is 18.5 Å². The van der Waals surface area contributed by atoms with E-state index in [4.69, 9.17) is 8.85 Å². The molecular weight excluding hydrogens is 392 g/mol. The van der Waals surface area contributed by atoms with E-state index in [9.17, 15) is 0 Å². The van der Waals surface area contributed by atoms with E-state index in [1.165, 1.54) is 0 Å². The van der Waals surface area contributed by atoms with Crippen LogP contribution in [0.3, 0.4) is 0 Å². The Balaban J connectivity index is 2.36. The second-order valence-corrected chi connectivity index (χ2v) is 18.2. The van der Waals surface area contributed by atoms with E-state index in [0.29, 0.717) is 21.5 Å². The summed E-state index contributed by atoms with van der Waals surface area (Å²) in [5.41, 5.74) is 0. The Bertz CT molecular complexity index is 240. The Labute approximate surface area is 131 Å². The van der Waals surface area contributed by atoms with Crippen LogP contribution in [0, 0.1) is 11.8 Å². The predicted molar refractivity (Wildman–Crippen MR) is 91.0 cm³/mol. The second kappa shape index (κ2) is 6.39. The highest BCUT2D eigenvalue weighted by Crippen LogP contribution is 2.45. The summed E-state index contributed by atoms with van der Waals surface area (Å²) < 4.78 is 12.0. The molecule has 0 N–H and O–H groups in total. The van der Waals surface area contributed by atoms with Crippen LogP contribution in [0.2, 0.25) is 39.3 Å². The molecule has 0 aromatic rings. The summed E-state index contributed by atoms with van der Waals surface area (Å²) in [6.45, 7) is 15.2. The van der Waals surface area contributed by atoms with E-state index in [2.05, 4.69) is 71.1 Å². The smallest absolute Gasteiger partial charge is 0.183 e. The molecule has 6 heteroatoms. The average molecular weight is 418 g/mol. The molecule has 0 radical (unpaired) electrons. The van der Waals surface area contributed by atoms with Crippen molar-refractivity contribution in [2.24, 2.45) is 11.8 Å². The van der Waals surface area contributed by atoms with Gasteiger partial charge in [-0.05, 0) is 39.3 Å². The molecule has 0 heterocycles. The summed E-state index contributed by atoms with van der Waals surface area (Å²) in [5, 5.41) is 0. The van der Waals surface area contributed by atoms with E-state index >= 15 is 0 Å². The summed E-state index contributed by atoms with van der Waals surface area (Å²) in [4.78, 5) is 1.05. The molecule has 0 aromatic carbocycles. The van der Waals surface area contributed by atoms with Crippen LogP contribution in [-0.2, 0) is 8.85 Å². The van der Waals surface area contributed by atoms with Crippen LogP contribution >= 0.6 is 31.9 Å². The quantitative estimate of drug-likeness (QED) is 0.469. The molecule has 1 fully saturated rings. The van der Waals surface area contributed by atoms with Gasteiger partial charge in [0.1, 0.15) is 0 Å². The highest BCUT2D eigenvalue weighted by Gasteiger charge is 2.48. The summed E-state index contributed by atoms with van der Waals surface area (Å²) >= 11 is 7.62. The van der Waals surface area contributed by atoms with Crippen molar-refractivity contribution in [2.75, 3.05) is 13.2 Å². The minimum Gasteiger partial charge on any atom is -0.417 e. The summed E-state index contributed by atoms with van der Waals surface area (Å²) in [5.74, 6) is 1.15. The zero-order valence-corrected chi connectivity index (χ0v) is 17.5. The first-order valence-corrected chi connectivity index (χ1v) is 15.2. The van der Waals surface area contributed by atoms with Gasteiger partial charge in [0, 0.05) is 34.7 Å². The lowest BCUT2D eigenvalue weighted by Crippen LogP contribution is -2.54. The fraction of sp³-hybridized carbons (Fsp3) is 1.00. The summed E-state index contributed by atoms with van der Waals surface area (Å²) in [7, 11) is -2.80. The first-order valence-electron chi connectivity index (χ1n) is 6.57. The maximum atomic E-state index is 6.01. The minimum atomic E-state index is -1.40. The third-order valence-electron chi connectivity index (χ3n) is 3.05. The van der Waals surface area contributed by atoms with Gasteiger partial charge in [-0.2, -0.15) is 0 Å². The SMILES string of the molecule is C[Si](C)(C)OCC1C(Br)C(CO[Si](C)(C)C)C1Br. The van der Waals surface area contributed by atoms with Crippen molar-refractivity contribution in [3.8, 4) is 0 Å². The Kier molecular flexibility index (Phi) is 6.16. The molecule has 18 heavy (non-hydrogen) atoms. The molecule has 0 bridgehead atoms. The number of halogens is 2. The van der Waals surface area contributed by atoms with Crippen LogP contribution < -0.4 is 0 Å². The molecule has 108 valence electrons. The van der Waals surface area contributed by atoms with Gasteiger partial charge in [0.05, 0.1) is 0 Å². The van der Waals surface area contributed by atoms with E-state index < -0.39 is 16.6 Å². The maximum absolute atomic E-state index is 6.01. The molecule has 0 aliphatic heterocycles. The largest absolute Gasteiger partial charge is 0.417 e. The van der Waals surface area contributed by atoms with Crippen molar-refractivity contribution in [2.45, 2.75) is 48.9 Å². The van der Waals surface area contributed by atoms with Crippen molar-refractivity contribution in [1.29, 1.82) is 0 Å². The monoisotopic (exact) mass is 416 g/mol. The molecular formula is C12H26Br2O2Si2. The Hall–Kier alpha value is 1.31. The molecule has 0 atom stereocenters. The van der Waals surface area contributed by atoms with Gasteiger partial charge in [0.2, 0.25) is 0 Å². The van der Waals surface area contributed by atoms with Gasteiger partial charge in [-0.3, -0.25) is 0 Å². The first-order chi connectivity index (χ1) is 8.01. The van der Waals surface area contributed by atoms with E-state index in [1.54, 1.807) is 0 Å². The van der Waals surface area contributed by atoms with Gasteiger partial charge in [0.15, 0.2) is 16.6 Å². The Morgan fingerprint density at radius 1 is 0.722 bits per heavy atom. The van der Waals surface area contributed by atoms with Gasteiger partial charge in [-0.15, -0.1) is 0 Å². The van der Waals surface area contributed by atoms with E-state index in [0.717, 1.165) is 13.2 Å². The van der Waals surface area contributed by atoms with Crippen molar-refractivity contribution in [3.05, 3.63) is 0 Å². The molecule has 0 aromatic heterocycles. The Morgan fingerprint density at radius 2 is 1.00 bits per heavy atom. The van der Waals surface area contributed by atoms with Crippen molar-refractivity contribution in [3.63, 3.8) is 0 Å². The van der Waals surface area contributed by atoms with Gasteiger partial charge < -0.3 is 8.85 Å². The maximum Gasteiger partial charge on any atom is 0.183 e.